The van der Waals surface area contributed by atoms with E-state index in [1.807, 2.05) is 18.2 Å². The summed E-state index contributed by atoms with van der Waals surface area (Å²) in [7, 11) is 0. The zero-order chi connectivity index (χ0) is 14.8. The Morgan fingerprint density at radius 1 is 1.33 bits per heavy atom. The first kappa shape index (κ1) is 14.5. The predicted octanol–water partition coefficient (Wildman–Crippen LogP) is 3.27. The Hall–Kier alpha value is -1.40. The van der Waals surface area contributed by atoms with E-state index in [1.54, 1.807) is 11.3 Å². The van der Waals surface area contributed by atoms with Crippen molar-refractivity contribution in [3.05, 3.63) is 34.1 Å². The van der Waals surface area contributed by atoms with Gasteiger partial charge in [-0.1, -0.05) is 34.1 Å². The monoisotopic (exact) mass is 365 g/mol. The van der Waals surface area contributed by atoms with Crippen molar-refractivity contribution in [1.82, 2.24) is 4.98 Å². The van der Waals surface area contributed by atoms with Gasteiger partial charge in [0.2, 0.25) is 5.91 Å². The maximum Gasteiger partial charge on any atom is 0.220 e. The van der Waals surface area contributed by atoms with Crippen molar-refractivity contribution in [3.8, 4) is 11.3 Å². The molecule has 4 nitrogen and oxygen atoms in total. The van der Waals surface area contributed by atoms with E-state index < -0.39 is 0 Å². The predicted molar refractivity (Wildman–Crippen MR) is 89.4 cm³/mol. The van der Waals surface area contributed by atoms with Crippen LogP contribution >= 0.6 is 27.3 Å². The lowest BCUT2D eigenvalue weighted by molar-refractivity contribution is -0.122. The summed E-state index contributed by atoms with van der Waals surface area (Å²) in [6, 6.07) is 8.09. The first-order valence-corrected chi connectivity index (χ1v) is 8.57. The van der Waals surface area contributed by atoms with E-state index in [1.165, 1.54) is 0 Å². The Labute approximate surface area is 136 Å². The number of hydrogen-bond donors (Lipinski definition) is 1. The van der Waals surface area contributed by atoms with E-state index in [4.69, 9.17) is 10.7 Å². The molecule has 110 valence electrons. The molecular formula is C15H16BrN3OS. The fourth-order valence-electron chi connectivity index (χ4n) is 2.56. The van der Waals surface area contributed by atoms with Gasteiger partial charge in [0.1, 0.15) is 0 Å². The van der Waals surface area contributed by atoms with Crippen molar-refractivity contribution in [1.29, 1.82) is 0 Å². The summed E-state index contributed by atoms with van der Waals surface area (Å²) in [5.41, 5.74) is 7.46. The zero-order valence-corrected chi connectivity index (χ0v) is 13.9. The van der Waals surface area contributed by atoms with Gasteiger partial charge in [0.15, 0.2) is 5.13 Å². The minimum Gasteiger partial charge on any atom is -0.369 e. The van der Waals surface area contributed by atoms with Crippen LogP contribution in [-0.2, 0) is 4.79 Å². The first-order chi connectivity index (χ1) is 10.1. The van der Waals surface area contributed by atoms with Crippen LogP contribution in [0.4, 0.5) is 5.13 Å². The lowest BCUT2D eigenvalue weighted by Gasteiger charge is -2.30. The second-order valence-corrected chi connectivity index (χ2v) is 6.85. The van der Waals surface area contributed by atoms with Crippen LogP contribution in [0.2, 0.25) is 0 Å². The maximum atomic E-state index is 11.2. The van der Waals surface area contributed by atoms with Gasteiger partial charge in [0, 0.05) is 34.4 Å². The number of aromatic nitrogens is 1. The number of thiazole rings is 1. The highest BCUT2D eigenvalue weighted by Gasteiger charge is 2.24. The highest BCUT2D eigenvalue weighted by molar-refractivity contribution is 9.10. The Kier molecular flexibility index (Phi) is 4.26. The molecular weight excluding hydrogens is 350 g/mol. The third-order valence-corrected chi connectivity index (χ3v) is 5.40. The van der Waals surface area contributed by atoms with Crippen LogP contribution in [0.1, 0.15) is 12.8 Å². The van der Waals surface area contributed by atoms with E-state index in [0.717, 1.165) is 46.8 Å². The van der Waals surface area contributed by atoms with Gasteiger partial charge in [-0.05, 0) is 18.9 Å². The Morgan fingerprint density at radius 2 is 2.05 bits per heavy atom. The molecule has 1 aromatic carbocycles. The molecule has 2 aromatic rings. The van der Waals surface area contributed by atoms with E-state index in [9.17, 15) is 4.79 Å². The third kappa shape index (κ3) is 3.11. The SMILES string of the molecule is NC(=O)C1CCN(c2nc(-c3ccccc3Br)cs2)CC1. The quantitative estimate of drug-likeness (QED) is 0.907. The fraction of sp³-hybridized carbons (Fsp3) is 0.333. The van der Waals surface area contributed by atoms with Gasteiger partial charge in [0.25, 0.3) is 0 Å². The molecule has 1 aliphatic rings. The molecule has 1 saturated heterocycles. The standard InChI is InChI=1S/C15H16BrN3OS/c16-12-4-2-1-3-11(12)13-9-21-15(18-13)19-7-5-10(6-8-19)14(17)20/h1-4,9-10H,5-8H2,(H2,17,20). The molecule has 2 heterocycles. The Balaban J connectivity index is 1.74. The minimum atomic E-state index is -0.178. The van der Waals surface area contributed by atoms with Gasteiger partial charge in [-0.15, -0.1) is 11.3 Å². The number of nitrogens with zero attached hydrogens (tertiary/aromatic N) is 2. The van der Waals surface area contributed by atoms with E-state index in [-0.39, 0.29) is 11.8 Å². The molecule has 1 aromatic heterocycles. The second-order valence-electron chi connectivity index (χ2n) is 5.16. The second kappa shape index (κ2) is 6.15. The number of nitrogens with two attached hydrogens (primary N) is 1. The largest absolute Gasteiger partial charge is 0.369 e. The summed E-state index contributed by atoms with van der Waals surface area (Å²) >= 11 is 5.21. The number of hydrogen-bond acceptors (Lipinski definition) is 4. The molecule has 6 heteroatoms. The van der Waals surface area contributed by atoms with Crippen LogP contribution in [0.3, 0.4) is 0 Å². The molecule has 0 radical (unpaired) electrons. The van der Waals surface area contributed by atoms with Crippen LogP contribution in [0.15, 0.2) is 34.1 Å². The number of carbonyl (C=O) groups is 1. The fourth-order valence-corrected chi connectivity index (χ4v) is 3.92. The van der Waals surface area contributed by atoms with Crippen molar-refractivity contribution in [2.75, 3.05) is 18.0 Å². The van der Waals surface area contributed by atoms with Gasteiger partial charge in [0.05, 0.1) is 5.69 Å². The van der Waals surface area contributed by atoms with Crippen molar-refractivity contribution in [3.63, 3.8) is 0 Å². The number of rotatable bonds is 3. The van der Waals surface area contributed by atoms with Gasteiger partial charge in [-0.25, -0.2) is 4.98 Å². The van der Waals surface area contributed by atoms with E-state index >= 15 is 0 Å². The number of amides is 1. The molecule has 21 heavy (non-hydrogen) atoms. The van der Waals surface area contributed by atoms with E-state index in [0.29, 0.717) is 0 Å². The van der Waals surface area contributed by atoms with Gasteiger partial charge < -0.3 is 10.6 Å². The molecule has 3 rings (SSSR count). The van der Waals surface area contributed by atoms with Crippen molar-refractivity contribution in [2.45, 2.75) is 12.8 Å². The number of anilines is 1. The van der Waals surface area contributed by atoms with Crippen molar-refractivity contribution < 1.29 is 4.79 Å². The summed E-state index contributed by atoms with van der Waals surface area (Å²) in [6.45, 7) is 1.69. The normalized spacial score (nSPS) is 16.1. The molecule has 0 atom stereocenters. The van der Waals surface area contributed by atoms with Crippen LogP contribution in [0.5, 0.6) is 0 Å². The Morgan fingerprint density at radius 3 is 2.71 bits per heavy atom. The van der Waals surface area contributed by atoms with Crippen LogP contribution < -0.4 is 10.6 Å². The topological polar surface area (TPSA) is 59.2 Å². The van der Waals surface area contributed by atoms with Crippen molar-refractivity contribution in [2.24, 2.45) is 11.7 Å². The van der Waals surface area contributed by atoms with Crippen LogP contribution in [0, 0.1) is 5.92 Å². The van der Waals surface area contributed by atoms with Gasteiger partial charge >= 0.3 is 0 Å². The molecule has 0 aliphatic carbocycles. The lowest BCUT2D eigenvalue weighted by atomic mass is 9.97. The number of carbonyl (C=O) groups excluding carboxylic acids is 1. The molecule has 0 saturated carbocycles. The first-order valence-electron chi connectivity index (χ1n) is 6.90. The average Bonchev–Trinajstić information content (AvgIpc) is 2.97. The summed E-state index contributed by atoms with van der Waals surface area (Å²) in [5, 5.41) is 3.10. The summed E-state index contributed by atoms with van der Waals surface area (Å²) in [6.07, 6.45) is 1.64. The van der Waals surface area contributed by atoms with Gasteiger partial charge in [-0.2, -0.15) is 0 Å². The van der Waals surface area contributed by atoms with Gasteiger partial charge in [-0.3, -0.25) is 4.79 Å². The summed E-state index contributed by atoms with van der Waals surface area (Å²) < 4.78 is 1.05. The van der Waals surface area contributed by atoms with E-state index in [2.05, 4.69) is 32.3 Å². The maximum absolute atomic E-state index is 11.2. The third-order valence-electron chi connectivity index (χ3n) is 3.81. The molecule has 0 unspecified atom stereocenters. The number of piperidine rings is 1. The lowest BCUT2D eigenvalue weighted by Crippen LogP contribution is -2.38. The minimum absolute atomic E-state index is 0.0175. The van der Waals surface area contributed by atoms with Crippen LogP contribution in [0.25, 0.3) is 11.3 Å². The zero-order valence-electron chi connectivity index (χ0n) is 11.5. The van der Waals surface area contributed by atoms with Crippen molar-refractivity contribution >= 4 is 38.3 Å². The molecule has 0 spiro atoms. The summed E-state index contributed by atoms with van der Waals surface area (Å²) in [5.74, 6) is -0.161. The smallest absolute Gasteiger partial charge is 0.220 e. The van der Waals surface area contributed by atoms with Crippen LogP contribution in [-0.4, -0.2) is 24.0 Å². The molecule has 1 fully saturated rings. The number of primary amides is 1. The average molecular weight is 366 g/mol. The number of benzene rings is 1. The Bertz CT molecular complexity index is 650. The highest BCUT2D eigenvalue weighted by atomic mass is 79.9. The highest BCUT2D eigenvalue weighted by Crippen LogP contribution is 2.33. The number of halogens is 1. The molecule has 0 bridgehead atoms. The molecule has 1 aliphatic heterocycles. The summed E-state index contributed by atoms with van der Waals surface area (Å²) in [4.78, 5) is 18.2. The molecule has 2 N–H and O–H groups in total. The molecule has 1 amide bonds.